The first-order valence-corrected chi connectivity index (χ1v) is 7.32. The maximum atomic E-state index is 4.93. The van der Waals surface area contributed by atoms with Crippen LogP contribution in [0, 0.1) is 0 Å². The summed E-state index contributed by atoms with van der Waals surface area (Å²) in [4.78, 5) is 8.40. The van der Waals surface area contributed by atoms with Crippen LogP contribution >= 0.6 is 0 Å². The molecule has 0 aliphatic rings. The molecule has 102 valence electrons. The van der Waals surface area contributed by atoms with Gasteiger partial charge in [-0.3, -0.25) is 0 Å². The molecule has 2 aromatic carbocycles. The van der Waals surface area contributed by atoms with E-state index in [9.17, 15) is 0 Å². The fraction of sp³-hybridized carbons (Fsp3) is 0.105. The number of hydrogen-bond acceptors (Lipinski definition) is 1. The highest BCUT2D eigenvalue weighted by atomic mass is 14.8. The molecule has 2 nitrogen and oxygen atoms in total. The third-order valence-corrected chi connectivity index (χ3v) is 3.97. The van der Waals surface area contributed by atoms with E-state index >= 15 is 0 Å². The van der Waals surface area contributed by atoms with E-state index in [2.05, 4.69) is 66.5 Å². The van der Waals surface area contributed by atoms with Gasteiger partial charge in [0.25, 0.3) is 0 Å². The number of para-hydroxylation sites is 1. The topological polar surface area (TPSA) is 28.7 Å². The number of benzene rings is 2. The Balaban J connectivity index is 2.06. The molecule has 0 bridgehead atoms. The highest BCUT2D eigenvalue weighted by molar-refractivity contribution is 6.05. The molecule has 21 heavy (non-hydrogen) atoms. The van der Waals surface area contributed by atoms with Gasteiger partial charge in [-0.15, -0.1) is 0 Å². The molecule has 0 fully saturated rings. The van der Waals surface area contributed by atoms with Crippen LogP contribution in [0.5, 0.6) is 0 Å². The zero-order valence-electron chi connectivity index (χ0n) is 11.9. The molecule has 0 spiro atoms. The number of nitrogens with zero attached hydrogens (tertiary/aromatic N) is 1. The summed E-state index contributed by atoms with van der Waals surface area (Å²) in [6.45, 7) is 2.16. The Hall–Kier alpha value is -2.61. The summed E-state index contributed by atoms with van der Waals surface area (Å²) in [5, 5.41) is 1.20. The van der Waals surface area contributed by atoms with Crippen LogP contribution in [0.2, 0.25) is 0 Å². The summed E-state index contributed by atoms with van der Waals surface area (Å²) < 4.78 is 0. The zero-order valence-corrected chi connectivity index (χ0v) is 11.9. The van der Waals surface area contributed by atoms with Crippen molar-refractivity contribution in [2.75, 3.05) is 0 Å². The summed E-state index contributed by atoms with van der Waals surface area (Å²) in [5.74, 6) is 0. The number of nitrogens with one attached hydrogen (secondary N) is 1. The molecule has 2 heterocycles. The standard InChI is InChI=1S/C19H16N2/c1-2-16-15(13-8-4-3-5-9-13)12-18-19(21-16)14-10-6-7-11-17(14)20-18/h3-12,20H,2H2,1H3. The Morgan fingerprint density at radius 1 is 0.905 bits per heavy atom. The third kappa shape index (κ3) is 1.91. The van der Waals surface area contributed by atoms with Crippen molar-refractivity contribution in [3.63, 3.8) is 0 Å². The van der Waals surface area contributed by atoms with E-state index in [0.717, 1.165) is 28.7 Å². The second-order valence-electron chi connectivity index (χ2n) is 5.27. The molecule has 0 saturated carbocycles. The van der Waals surface area contributed by atoms with E-state index in [0.29, 0.717) is 0 Å². The minimum atomic E-state index is 0.930. The van der Waals surface area contributed by atoms with Crippen LogP contribution in [0.15, 0.2) is 60.7 Å². The van der Waals surface area contributed by atoms with Gasteiger partial charge in [-0.05, 0) is 24.1 Å². The molecule has 2 aromatic heterocycles. The first kappa shape index (κ1) is 12.2. The monoisotopic (exact) mass is 272 g/mol. The number of pyridine rings is 1. The lowest BCUT2D eigenvalue weighted by Crippen LogP contribution is -1.93. The number of H-pyrrole nitrogens is 1. The summed E-state index contributed by atoms with van der Waals surface area (Å²) in [5.41, 5.74) is 6.92. The van der Waals surface area contributed by atoms with Crippen LogP contribution < -0.4 is 0 Å². The maximum absolute atomic E-state index is 4.93. The summed E-state index contributed by atoms with van der Waals surface area (Å²) >= 11 is 0. The SMILES string of the molecule is CCc1nc2c(cc1-c1ccccc1)[nH]c1ccccc12. The van der Waals surface area contributed by atoms with Gasteiger partial charge in [0.1, 0.15) is 0 Å². The number of hydrogen-bond donors (Lipinski definition) is 1. The van der Waals surface area contributed by atoms with Gasteiger partial charge in [0.15, 0.2) is 0 Å². The minimum absolute atomic E-state index is 0.930. The average molecular weight is 272 g/mol. The molecule has 0 aliphatic carbocycles. The van der Waals surface area contributed by atoms with Crippen molar-refractivity contribution in [3.8, 4) is 11.1 Å². The van der Waals surface area contributed by atoms with Crippen molar-refractivity contribution in [3.05, 3.63) is 66.4 Å². The van der Waals surface area contributed by atoms with Crippen molar-refractivity contribution in [2.24, 2.45) is 0 Å². The molecule has 0 saturated heterocycles. The fourth-order valence-electron chi connectivity index (χ4n) is 2.93. The van der Waals surface area contributed by atoms with E-state index in [-0.39, 0.29) is 0 Å². The second-order valence-corrected chi connectivity index (χ2v) is 5.27. The van der Waals surface area contributed by atoms with Crippen molar-refractivity contribution >= 4 is 21.9 Å². The van der Waals surface area contributed by atoms with Crippen molar-refractivity contribution < 1.29 is 0 Å². The molecular formula is C19H16N2. The molecule has 0 atom stereocenters. The second kappa shape index (κ2) is 4.74. The van der Waals surface area contributed by atoms with Gasteiger partial charge in [-0.25, -0.2) is 4.98 Å². The van der Waals surface area contributed by atoms with Crippen LogP contribution in [0.25, 0.3) is 33.1 Å². The van der Waals surface area contributed by atoms with Crippen molar-refractivity contribution in [1.29, 1.82) is 0 Å². The van der Waals surface area contributed by atoms with Gasteiger partial charge in [-0.1, -0.05) is 55.5 Å². The van der Waals surface area contributed by atoms with Gasteiger partial charge in [0, 0.05) is 22.2 Å². The largest absolute Gasteiger partial charge is 0.353 e. The number of aryl methyl sites for hydroxylation is 1. The van der Waals surface area contributed by atoms with Crippen LogP contribution in [-0.4, -0.2) is 9.97 Å². The summed E-state index contributed by atoms with van der Waals surface area (Å²) in [6, 6.07) is 21.1. The zero-order chi connectivity index (χ0) is 14.2. The lowest BCUT2D eigenvalue weighted by Gasteiger charge is -2.07. The minimum Gasteiger partial charge on any atom is -0.353 e. The predicted octanol–water partition coefficient (Wildman–Crippen LogP) is 4.95. The van der Waals surface area contributed by atoms with Gasteiger partial charge in [0.2, 0.25) is 0 Å². The van der Waals surface area contributed by atoms with Crippen molar-refractivity contribution in [1.82, 2.24) is 9.97 Å². The highest BCUT2D eigenvalue weighted by Crippen LogP contribution is 2.30. The first-order chi connectivity index (χ1) is 10.4. The number of aromatic nitrogens is 2. The van der Waals surface area contributed by atoms with Crippen molar-refractivity contribution in [2.45, 2.75) is 13.3 Å². The Bertz CT molecular complexity index is 920. The van der Waals surface area contributed by atoms with E-state index in [1.807, 2.05) is 6.07 Å². The summed E-state index contributed by atoms with van der Waals surface area (Å²) in [7, 11) is 0. The Labute approximate surface area is 123 Å². The van der Waals surface area contributed by atoms with E-state index in [4.69, 9.17) is 4.98 Å². The van der Waals surface area contributed by atoms with Gasteiger partial charge >= 0.3 is 0 Å². The predicted molar refractivity (Wildman–Crippen MR) is 88.4 cm³/mol. The fourth-order valence-corrected chi connectivity index (χ4v) is 2.93. The molecule has 0 radical (unpaired) electrons. The molecule has 1 N–H and O–H groups in total. The summed E-state index contributed by atoms with van der Waals surface area (Å²) in [6.07, 6.45) is 0.930. The normalized spacial score (nSPS) is 11.3. The van der Waals surface area contributed by atoms with Crippen LogP contribution in [0.4, 0.5) is 0 Å². The van der Waals surface area contributed by atoms with Gasteiger partial charge in [0.05, 0.1) is 11.0 Å². The Morgan fingerprint density at radius 2 is 1.67 bits per heavy atom. The molecule has 2 heteroatoms. The molecule has 4 aromatic rings. The smallest absolute Gasteiger partial charge is 0.0961 e. The quantitative estimate of drug-likeness (QED) is 0.549. The Morgan fingerprint density at radius 3 is 2.48 bits per heavy atom. The average Bonchev–Trinajstić information content (AvgIpc) is 2.92. The van der Waals surface area contributed by atoms with Crippen LogP contribution in [-0.2, 0) is 6.42 Å². The number of fused-ring (bicyclic) bond motifs is 3. The third-order valence-electron chi connectivity index (χ3n) is 3.97. The van der Waals surface area contributed by atoms with Gasteiger partial charge in [-0.2, -0.15) is 0 Å². The molecular weight excluding hydrogens is 256 g/mol. The molecule has 0 aliphatic heterocycles. The number of rotatable bonds is 2. The van der Waals surface area contributed by atoms with E-state index in [1.165, 1.54) is 16.5 Å². The lowest BCUT2D eigenvalue weighted by molar-refractivity contribution is 1.06. The lowest BCUT2D eigenvalue weighted by atomic mass is 10.0. The van der Waals surface area contributed by atoms with Crippen LogP contribution in [0.1, 0.15) is 12.6 Å². The van der Waals surface area contributed by atoms with E-state index in [1.54, 1.807) is 0 Å². The van der Waals surface area contributed by atoms with Crippen LogP contribution in [0.3, 0.4) is 0 Å². The molecule has 4 rings (SSSR count). The van der Waals surface area contributed by atoms with E-state index < -0.39 is 0 Å². The first-order valence-electron chi connectivity index (χ1n) is 7.32. The molecule has 0 unspecified atom stereocenters. The number of aromatic amines is 1. The molecule has 0 amide bonds. The van der Waals surface area contributed by atoms with Gasteiger partial charge < -0.3 is 4.98 Å². The highest BCUT2D eigenvalue weighted by Gasteiger charge is 2.11. The Kier molecular flexibility index (Phi) is 2.74. The maximum Gasteiger partial charge on any atom is 0.0961 e.